The van der Waals surface area contributed by atoms with Crippen molar-refractivity contribution in [3.63, 3.8) is 0 Å². The summed E-state index contributed by atoms with van der Waals surface area (Å²) in [6, 6.07) is 4.83. The van der Waals surface area contributed by atoms with E-state index in [9.17, 15) is 9.18 Å². The fourth-order valence-electron chi connectivity index (χ4n) is 2.36. The fraction of sp³-hybridized carbons (Fsp3) is 0.385. The molecule has 0 saturated carbocycles. The van der Waals surface area contributed by atoms with Crippen molar-refractivity contribution in [2.24, 2.45) is 0 Å². The van der Waals surface area contributed by atoms with Gasteiger partial charge in [0, 0.05) is 23.0 Å². The standard InChI is InChI=1S/C13H13BrFN3O/c14-10-5-4-9(11(15)7-10)8-18-13(19)17-6-2-1-3-12(17)16-18/h4-5,7H,1-3,6,8H2. The second-order valence-corrected chi connectivity index (χ2v) is 5.62. The van der Waals surface area contributed by atoms with Gasteiger partial charge >= 0.3 is 5.69 Å². The summed E-state index contributed by atoms with van der Waals surface area (Å²) in [4.78, 5) is 12.1. The summed E-state index contributed by atoms with van der Waals surface area (Å²) < 4.78 is 17.5. The molecule has 1 aliphatic rings. The van der Waals surface area contributed by atoms with Gasteiger partial charge in [-0.05, 0) is 25.0 Å². The Hall–Kier alpha value is -1.43. The smallest absolute Gasteiger partial charge is 0.279 e. The van der Waals surface area contributed by atoms with E-state index in [1.54, 1.807) is 16.7 Å². The first kappa shape index (κ1) is 12.6. The van der Waals surface area contributed by atoms with E-state index in [0.29, 0.717) is 10.0 Å². The maximum Gasteiger partial charge on any atom is 0.346 e. The topological polar surface area (TPSA) is 39.8 Å². The van der Waals surface area contributed by atoms with Gasteiger partial charge in [0.25, 0.3) is 0 Å². The van der Waals surface area contributed by atoms with Gasteiger partial charge < -0.3 is 0 Å². The van der Waals surface area contributed by atoms with Crippen molar-refractivity contribution in [3.8, 4) is 0 Å². The third kappa shape index (κ3) is 2.36. The third-order valence-corrected chi connectivity index (χ3v) is 3.86. The van der Waals surface area contributed by atoms with E-state index in [2.05, 4.69) is 21.0 Å². The van der Waals surface area contributed by atoms with E-state index in [4.69, 9.17) is 0 Å². The van der Waals surface area contributed by atoms with Crippen LogP contribution in [0.4, 0.5) is 4.39 Å². The van der Waals surface area contributed by atoms with Crippen LogP contribution in [0.15, 0.2) is 27.5 Å². The molecule has 0 radical (unpaired) electrons. The van der Waals surface area contributed by atoms with Crippen molar-refractivity contribution < 1.29 is 4.39 Å². The molecule has 0 amide bonds. The van der Waals surface area contributed by atoms with Crippen molar-refractivity contribution in [1.29, 1.82) is 0 Å². The van der Waals surface area contributed by atoms with Gasteiger partial charge in [0.2, 0.25) is 0 Å². The molecule has 3 rings (SSSR count). The number of fused-ring (bicyclic) bond motifs is 1. The third-order valence-electron chi connectivity index (χ3n) is 3.37. The van der Waals surface area contributed by atoms with Crippen LogP contribution in [0.1, 0.15) is 24.2 Å². The molecular formula is C13H13BrFN3O. The molecule has 0 saturated heterocycles. The molecule has 1 aromatic carbocycles. The average Bonchev–Trinajstić information content (AvgIpc) is 2.70. The van der Waals surface area contributed by atoms with E-state index >= 15 is 0 Å². The Morgan fingerprint density at radius 3 is 2.95 bits per heavy atom. The molecule has 6 heteroatoms. The van der Waals surface area contributed by atoms with E-state index in [0.717, 1.165) is 31.6 Å². The van der Waals surface area contributed by atoms with E-state index in [-0.39, 0.29) is 18.1 Å². The van der Waals surface area contributed by atoms with Gasteiger partial charge in [-0.2, -0.15) is 5.10 Å². The molecule has 0 bridgehead atoms. The first-order valence-corrected chi connectivity index (χ1v) is 7.05. The minimum absolute atomic E-state index is 0.142. The molecule has 19 heavy (non-hydrogen) atoms. The molecule has 0 atom stereocenters. The number of nitrogens with zero attached hydrogens (tertiary/aromatic N) is 3. The lowest BCUT2D eigenvalue weighted by molar-refractivity contribution is 0.511. The first-order chi connectivity index (χ1) is 9.15. The van der Waals surface area contributed by atoms with Crippen LogP contribution < -0.4 is 5.69 Å². The van der Waals surface area contributed by atoms with Gasteiger partial charge in [0.1, 0.15) is 11.6 Å². The molecule has 0 fully saturated rings. The van der Waals surface area contributed by atoms with Crippen LogP contribution in [0.25, 0.3) is 0 Å². The molecule has 0 spiro atoms. The monoisotopic (exact) mass is 325 g/mol. The number of hydrogen-bond donors (Lipinski definition) is 0. The zero-order chi connectivity index (χ0) is 13.4. The number of hydrogen-bond acceptors (Lipinski definition) is 2. The summed E-state index contributed by atoms with van der Waals surface area (Å²) >= 11 is 3.21. The molecule has 100 valence electrons. The Balaban J connectivity index is 1.95. The number of rotatable bonds is 2. The second-order valence-electron chi connectivity index (χ2n) is 4.70. The van der Waals surface area contributed by atoms with E-state index in [1.165, 1.54) is 10.7 Å². The zero-order valence-corrected chi connectivity index (χ0v) is 11.9. The van der Waals surface area contributed by atoms with Gasteiger partial charge in [-0.3, -0.25) is 4.57 Å². The van der Waals surface area contributed by atoms with Gasteiger partial charge in [-0.25, -0.2) is 13.9 Å². The lowest BCUT2D eigenvalue weighted by atomic mass is 10.2. The maximum atomic E-state index is 13.8. The second kappa shape index (κ2) is 4.92. The predicted octanol–water partition coefficient (Wildman–Crippen LogP) is 2.33. The maximum absolute atomic E-state index is 13.8. The van der Waals surface area contributed by atoms with Crippen molar-refractivity contribution in [3.05, 3.63) is 50.4 Å². The Labute approximate surface area is 118 Å². The molecule has 1 aliphatic heterocycles. The summed E-state index contributed by atoms with van der Waals surface area (Å²) in [7, 11) is 0. The number of aryl methyl sites for hydroxylation is 1. The van der Waals surface area contributed by atoms with Crippen LogP contribution in [0, 0.1) is 5.82 Å². The van der Waals surface area contributed by atoms with Crippen LogP contribution in [0.5, 0.6) is 0 Å². The van der Waals surface area contributed by atoms with Gasteiger partial charge in [-0.1, -0.05) is 22.0 Å². The summed E-state index contributed by atoms with van der Waals surface area (Å²) in [5.74, 6) is 0.487. The normalized spacial score (nSPS) is 14.4. The van der Waals surface area contributed by atoms with Gasteiger partial charge in [0.15, 0.2) is 0 Å². The molecule has 2 heterocycles. The van der Waals surface area contributed by atoms with E-state index in [1.807, 2.05) is 0 Å². The Morgan fingerprint density at radius 2 is 2.21 bits per heavy atom. The average molecular weight is 326 g/mol. The SMILES string of the molecule is O=c1n(Cc2ccc(Br)cc2F)nc2n1CCCC2. The lowest BCUT2D eigenvalue weighted by Crippen LogP contribution is -2.27. The highest BCUT2D eigenvalue weighted by atomic mass is 79.9. The number of aromatic nitrogens is 3. The van der Waals surface area contributed by atoms with Crippen molar-refractivity contribution >= 4 is 15.9 Å². The molecule has 0 N–H and O–H groups in total. The predicted molar refractivity (Wildman–Crippen MR) is 72.6 cm³/mol. The molecule has 4 nitrogen and oxygen atoms in total. The van der Waals surface area contributed by atoms with Crippen LogP contribution in [-0.4, -0.2) is 14.3 Å². The minimum Gasteiger partial charge on any atom is -0.279 e. The van der Waals surface area contributed by atoms with Crippen molar-refractivity contribution in [2.45, 2.75) is 32.4 Å². The summed E-state index contributed by atoms with van der Waals surface area (Å²) in [5, 5.41) is 4.30. The molecule has 1 aromatic heterocycles. The lowest BCUT2D eigenvalue weighted by Gasteiger charge is -2.09. The highest BCUT2D eigenvalue weighted by molar-refractivity contribution is 9.10. The van der Waals surface area contributed by atoms with Crippen LogP contribution in [0.3, 0.4) is 0 Å². The van der Waals surface area contributed by atoms with Crippen LogP contribution >= 0.6 is 15.9 Å². The largest absolute Gasteiger partial charge is 0.346 e. The first-order valence-electron chi connectivity index (χ1n) is 6.25. The minimum atomic E-state index is -0.327. The molecular weight excluding hydrogens is 313 g/mol. The highest BCUT2D eigenvalue weighted by Gasteiger charge is 2.17. The van der Waals surface area contributed by atoms with E-state index < -0.39 is 0 Å². The van der Waals surface area contributed by atoms with Crippen LogP contribution in [0.2, 0.25) is 0 Å². The highest BCUT2D eigenvalue weighted by Crippen LogP contribution is 2.16. The Bertz CT molecular complexity index is 677. The van der Waals surface area contributed by atoms with Gasteiger partial charge in [-0.15, -0.1) is 0 Å². The summed E-state index contributed by atoms with van der Waals surface area (Å²) in [6.07, 6.45) is 2.89. The molecule has 2 aromatic rings. The molecule has 0 aliphatic carbocycles. The quantitative estimate of drug-likeness (QED) is 0.850. The molecule has 0 unspecified atom stereocenters. The number of halogens is 2. The van der Waals surface area contributed by atoms with Crippen LogP contribution in [-0.2, 0) is 19.5 Å². The van der Waals surface area contributed by atoms with Crippen molar-refractivity contribution in [2.75, 3.05) is 0 Å². The summed E-state index contributed by atoms with van der Waals surface area (Å²) in [5.41, 5.74) is 0.331. The van der Waals surface area contributed by atoms with Crippen molar-refractivity contribution in [1.82, 2.24) is 14.3 Å². The zero-order valence-electron chi connectivity index (χ0n) is 10.3. The Kier molecular flexibility index (Phi) is 3.26. The fourth-order valence-corrected chi connectivity index (χ4v) is 2.70. The van der Waals surface area contributed by atoms with Gasteiger partial charge in [0.05, 0.1) is 6.54 Å². The number of benzene rings is 1. The Morgan fingerprint density at radius 1 is 1.37 bits per heavy atom. The summed E-state index contributed by atoms with van der Waals surface area (Å²) in [6.45, 7) is 0.898.